The zero-order valence-corrected chi connectivity index (χ0v) is 20.7. The Bertz CT molecular complexity index is 1420. The minimum atomic E-state index is -1.00. The number of carbonyl (C=O) groups excluding carboxylic acids is 1. The quantitative estimate of drug-likeness (QED) is 0.286. The van der Waals surface area contributed by atoms with Gasteiger partial charge in [0.1, 0.15) is 5.58 Å². The van der Waals surface area contributed by atoms with E-state index in [-0.39, 0.29) is 16.9 Å². The van der Waals surface area contributed by atoms with Crippen molar-refractivity contribution in [2.75, 3.05) is 5.32 Å². The van der Waals surface area contributed by atoms with E-state index in [4.69, 9.17) is 32.4 Å². The third-order valence-electron chi connectivity index (χ3n) is 5.02. The van der Waals surface area contributed by atoms with Crippen LogP contribution in [0.4, 0.5) is 5.69 Å². The molecule has 1 heterocycles. The van der Waals surface area contributed by atoms with E-state index in [2.05, 4.69) is 21.2 Å². The summed E-state index contributed by atoms with van der Waals surface area (Å²) < 4.78 is 12.9. The average molecular weight is 547 g/mol. The van der Waals surface area contributed by atoms with Crippen molar-refractivity contribution >= 4 is 61.7 Å². The van der Waals surface area contributed by atoms with Crippen LogP contribution in [0, 0.1) is 6.92 Å². The number of amides is 1. The molecule has 1 unspecified atom stereocenters. The molecular formula is C25H18BrCl2NO4. The summed E-state index contributed by atoms with van der Waals surface area (Å²) in [6.07, 6.45) is -1.00. The van der Waals surface area contributed by atoms with Crippen LogP contribution in [0.5, 0.6) is 5.75 Å². The van der Waals surface area contributed by atoms with Gasteiger partial charge in [0.25, 0.3) is 5.91 Å². The lowest BCUT2D eigenvalue weighted by molar-refractivity contribution is -0.122. The first-order valence-corrected chi connectivity index (χ1v) is 11.5. The van der Waals surface area contributed by atoms with E-state index in [0.29, 0.717) is 26.9 Å². The molecule has 5 nitrogen and oxygen atoms in total. The van der Waals surface area contributed by atoms with Crippen molar-refractivity contribution in [3.63, 3.8) is 0 Å². The highest BCUT2D eigenvalue weighted by atomic mass is 79.9. The second kappa shape index (κ2) is 9.59. The van der Waals surface area contributed by atoms with E-state index in [1.54, 1.807) is 61.5 Å². The summed E-state index contributed by atoms with van der Waals surface area (Å²) in [6.45, 7) is 3.37. The van der Waals surface area contributed by atoms with Crippen molar-refractivity contribution in [2.24, 2.45) is 0 Å². The topological polar surface area (TPSA) is 68.5 Å². The molecule has 0 saturated heterocycles. The first-order valence-electron chi connectivity index (χ1n) is 9.99. The maximum Gasteiger partial charge on any atom is 0.265 e. The SMILES string of the molecule is Cc1cc2oc(-c3ccccc3Cl)c(OC(C)C(=O)Nc3ccc(Br)cc3)c(=O)c2cc1Cl. The normalized spacial score (nSPS) is 11.9. The van der Waals surface area contributed by atoms with Gasteiger partial charge in [0.05, 0.1) is 10.4 Å². The van der Waals surface area contributed by atoms with Gasteiger partial charge in [-0.2, -0.15) is 0 Å². The molecule has 0 spiro atoms. The summed E-state index contributed by atoms with van der Waals surface area (Å²) in [7, 11) is 0. The highest BCUT2D eigenvalue weighted by Crippen LogP contribution is 2.36. The summed E-state index contributed by atoms with van der Waals surface area (Å²) in [5.74, 6) is -0.402. The lowest BCUT2D eigenvalue weighted by Gasteiger charge is -2.17. The molecule has 3 aromatic carbocycles. The van der Waals surface area contributed by atoms with E-state index in [1.807, 2.05) is 6.92 Å². The number of ether oxygens (including phenoxy) is 1. The summed E-state index contributed by atoms with van der Waals surface area (Å²) >= 11 is 16.0. The van der Waals surface area contributed by atoms with Gasteiger partial charge in [0, 0.05) is 20.7 Å². The van der Waals surface area contributed by atoms with Crippen LogP contribution in [0.15, 0.2) is 74.3 Å². The van der Waals surface area contributed by atoms with Crippen LogP contribution in [0.25, 0.3) is 22.3 Å². The van der Waals surface area contributed by atoms with Crippen LogP contribution < -0.4 is 15.5 Å². The summed E-state index contributed by atoms with van der Waals surface area (Å²) in [5.41, 5.74) is 1.72. The molecule has 0 aliphatic rings. The Labute approximate surface area is 208 Å². The van der Waals surface area contributed by atoms with Crippen molar-refractivity contribution in [2.45, 2.75) is 20.0 Å². The lowest BCUT2D eigenvalue weighted by atomic mass is 10.1. The lowest BCUT2D eigenvalue weighted by Crippen LogP contribution is -2.31. The van der Waals surface area contributed by atoms with Gasteiger partial charge in [-0.05, 0) is 67.9 Å². The fourth-order valence-corrected chi connectivity index (χ4v) is 3.89. The fourth-order valence-electron chi connectivity index (χ4n) is 3.24. The highest BCUT2D eigenvalue weighted by molar-refractivity contribution is 9.10. The molecule has 33 heavy (non-hydrogen) atoms. The minimum Gasteiger partial charge on any atom is -0.473 e. The number of aryl methyl sites for hydroxylation is 1. The Hall–Kier alpha value is -2.80. The molecule has 0 aliphatic heterocycles. The summed E-state index contributed by atoms with van der Waals surface area (Å²) in [4.78, 5) is 26.2. The van der Waals surface area contributed by atoms with Crippen molar-refractivity contribution in [3.05, 3.63) is 91.0 Å². The molecule has 1 N–H and O–H groups in total. The molecule has 0 saturated carbocycles. The molecule has 0 aliphatic carbocycles. The van der Waals surface area contributed by atoms with Crippen molar-refractivity contribution in [3.8, 4) is 17.1 Å². The van der Waals surface area contributed by atoms with Crippen LogP contribution in [-0.4, -0.2) is 12.0 Å². The average Bonchev–Trinajstić information content (AvgIpc) is 2.79. The van der Waals surface area contributed by atoms with Gasteiger partial charge >= 0.3 is 0 Å². The Balaban J connectivity index is 1.78. The number of rotatable bonds is 5. The van der Waals surface area contributed by atoms with E-state index < -0.39 is 17.4 Å². The van der Waals surface area contributed by atoms with Crippen LogP contribution in [0.2, 0.25) is 10.0 Å². The van der Waals surface area contributed by atoms with Crippen LogP contribution >= 0.6 is 39.1 Å². The number of carbonyl (C=O) groups is 1. The molecule has 168 valence electrons. The maximum atomic E-state index is 13.4. The molecule has 1 atom stereocenters. The number of halogens is 3. The predicted octanol–water partition coefficient (Wildman–Crippen LogP) is 7.24. The van der Waals surface area contributed by atoms with Crippen molar-refractivity contribution in [1.29, 1.82) is 0 Å². The Kier molecular flexibility index (Phi) is 6.79. The number of anilines is 1. The van der Waals surface area contributed by atoms with Crippen molar-refractivity contribution < 1.29 is 13.9 Å². The Morgan fingerprint density at radius 1 is 1.06 bits per heavy atom. The second-order valence-electron chi connectivity index (χ2n) is 7.42. The highest BCUT2D eigenvalue weighted by Gasteiger charge is 2.24. The molecule has 0 bridgehead atoms. The smallest absolute Gasteiger partial charge is 0.265 e. The van der Waals surface area contributed by atoms with Crippen molar-refractivity contribution in [1.82, 2.24) is 0 Å². The first-order chi connectivity index (χ1) is 15.7. The standard InChI is InChI=1S/C25H18BrCl2NO4/c1-13-11-21-18(12-20(13)28)22(30)24(23(33-21)17-5-3-4-6-19(17)27)32-14(2)25(31)29-16-9-7-15(26)8-10-16/h3-12,14H,1-2H3,(H,29,31). The molecule has 0 radical (unpaired) electrons. The number of hydrogen-bond donors (Lipinski definition) is 1. The molecule has 4 aromatic rings. The third kappa shape index (κ3) is 4.93. The Morgan fingerprint density at radius 2 is 1.76 bits per heavy atom. The van der Waals surface area contributed by atoms with E-state index in [0.717, 1.165) is 10.0 Å². The number of hydrogen-bond acceptors (Lipinski definition) is 4. The number of fused-ring (bicyclic) bond motifs is 1. The van der Waals surface area contributed by atoms with Gasteiger partial charge in [0.2, 0.25) is 11.2 Å². The molecule has 4 rings (SSSR count). The zero-order valence-electron chi connectivity index (χ0n) is 17.6. The van der Waals surface area contributed by atoms with Gasteiger partial charge in [0.15, 0.2) is 11.9 Å². The number of benzene rings is 3. The predicted molar refractivity (Wildman–Crippen MR) is 136 cm³/mol. The zero-order chi connectivity index (χ0) is 23.7. The van der Waals surface area contributed by atoms with Gasteiger partial charge < -0.3 is 14.5 Å². The molecule has 1 amide bonds. The summed E-state index contributed by atoms with van der Waals surface area (Å²) in [6, 6.07) is 17.3. The maximum absolute atomic E-state index is 13.4. The van der Waals surface area contributed by atoms with Gasteiger partial charge in [-0.15, -0.1) is 0 Å². The number of nitrogens with one attached hydrogen (secondary N) is 1. The fraction of sp³-hybridized carbons (Fsp3) is 0.120. The van der Waals surface area contributed by atoms with Crippen LogP contribution in [0.1, 0.15) is 12.5 Å². The molecular weight excluding hydrogens is 529 g/mol. The molecule has 1 aromatic heterocycles. The Morgan fingerprint density at radius 3 is 2.45 bits per heavy atom. The monoisotopic (exact) mass is 545 g/mol. The van der Waals surface area contributed by atoms with Gasteiger partial charge in [-0.3, -0.25) is 9.59 Å². The largest absolute Gasteiger partial charge is 0.473 e. The van der Waals surface area contributed by atoms with E-state index in [9.17, 15) is 9.59 Å². The van der Waals surface area contributed by atoms with E-state index >= 15 is 0 Å². The van der Waals surface area contributed by atoms with Gasteiger partial charge in [-0.1, -0.05) is 51.3 Å². The third-order valence-corrected chi connectivity index (χ3v) is 6.29. The van der Waals surface area contributed by atoms with Gasteiger partial charge in [-0.25, -0.2) is 0 Å². The summed E-state index contributed by atoms with van der Waals surface area (Å²) in [5, 5.41) is 3.82. The molecule has 0 fully saturated rings. The van der Waals surface area contributed by atoms with Crippen LogP contribution in [-0.2, 0) is 4.79 Å². The van der Waals surface area contributed by atoms with E-state index in [1.165, 1.54) is 6.07 Å². The molecule has 8 heteroatoms. The first kappa shape index (κ1) is 23.4. The minimum absolute atomic E-state index is 0.117. The van der Waals surface area contributed by atoms with Crippen LogP contribution in [0.3, 0.4) is 0 Å². The second-order valence-corrected chi connectivity index (χ2v) is 9.15.